The Hall–Kier alpha value is -2.96. The van der Waals surface area contributed by atoms with E-state index in [2.05, 4.69) is 6.58 Å². The zero-order chi connectivity index (χ0) is 17.7. The van der Waals surface area contributed by atoms with Gasteiger partial charge in [-0.3, -0.25) is 14.2 Å². The molecule has 128 valence electrons. The Labute approximate surface area is 141 Å². The molecule has 4 rings (SSSR count). The highest BCUT2D eigenvalue weighted by Crippen LogP contribution is 2.37. The summed E-state index contributed by atoms with van der Waals surface area (Å²) in [7, 11) is 0. The first kappa shape index (κ1) is 15.6. The van der Waals surface area contributed by atoms with Gasteiger partial charge < -0.3 is 4.42 Å². The third-order valence-corrected chi connectivity index (χ3v) is 4.68. The van der Waals surface area contributed by atoms with E-state index in [1.54, 1.807) is 0 Å². The Morgan fingerprint density at radius 1 is 1.12 bits per heavy atom. The molecule has 1 aromatic heterocycles. The van der Waals surface area contributed by atoms with Gasteiger partial charge >= 0.3 is 5.76 Å². The van der Waals surface area contributed by atoms with E-state index in [4.69, 9.17) is 4.42 Å². The smallest absolute Gasteiger partial charge is 0.408 e. The normalized spacial score (nSPS) is 17.6. The molecular weight excluding hydrogens is 327 g/mol. The van der Waals surface area contributed by atoms with E-state index in [1.165, 1.54) is 16.7 Å². The molecule has 2 aromatic rings. The standard InChI is InChI=1S/C18H15FN2O4/c1-2-7-20-14-9-13(12(19)8-15(14)25-18(20)24)21-16(22)10-5-3-4-6-11(10)17(21)23/h2,8-9H,1,3-7H2. The fraction of sp³-hybridized carbons (Fsp3) is 0.278. The number of rotatable bonds is 3. The second kappa shape index (κ2) is 5.54. The molecule has 1 aromatic carbocycles. The fourth-order valence-corrected chi connectivity index (χ4v) is 3.50. The highest BCUT2D eigenvalue weighted by atomic mass is 19.1. The Bertz CT molecular complexity index is 1000. The van der Waals surface area contributed by atoms with Crippen LogP contribution >= 0.6 is 0 Å². The first-order valence-corrected chi connectivity index (χ1v) is 8.07. The molecule has 0 bridgehead atoms. The van der Waals surface area contributed by atoms with Crippen LogP contribution in [0, 0.1) is 5.82 Å². The average molecular weight is 342 g/mol. The van der Waals surface area contributed by atoms with Crippen molar-refractivity contribution in [1.29, 1.82) is 0 Å². The van der Waals surface area contributed by atoms with Crippen molar-refractivity contribution in [3.8, 4) is 0 Å². The summed E-state index contributed by atoms with van der Waals surface area (Å²) in [4.78, 5) is 38.0. The molecule has 2 aliphatic rings. The molecule has 0 radical (unpaired) electrons. The Morgan fingerprint density at radius 3 is 2.36 bits per heavy atom. The number of allylic oxidation sites excluding steroid dienone is 1. The molecule has 2 heterocycles. The van der Waals surface area contributed by atoms with E-state index in [1.807, 2.05) is 0 Å². The van der Waals surface area contributed by atoms with Gasteiger partial charge in [-0.05, 0) is 31.7 Å². The van der Waals surface area contributed by atoms with Gasteiger partial charge in [0.2, 0.25) is 0 Å². The molecule has 0 saturated heterocycles. The lowest BCUT2D eigenvalue weighted by Gasteiger charge is -2.16. The third kappa shape index (κ3) is 2.19. The van der Waals surface area contributed by atoms with Gasteiger partial charge in [0.25, 0.3) is 11.8 Å². The van der Waals surface area contributed by atoms with Crippen LogP contribution in [0.1, 0.15) is 25.7 Å². The Balaban J connectivity index is 1.87. The van der Waals surface area contributed by atoms with Crippen LogP contribution in [-0.4, -0.2) is 16.4 Å². The maximum absolute atomic E-state index is 14.6. The van der Waals surface area contributed by atoms with E-state index in [-0.39, 0.29) is 17.8 Å². The van der Waals surface area contributed by atoms with Crippen LogP contribution in [0.15, 0.2) is 45.1 Å². The second-order valence-corrected chi connectivity index (χ2v) is 6.15. The molecule has 7 heteroatoms. The molecule has 6 nitrogen and oxygen atoms in total. The molecule has 1 aliphatic heterocycles. The van der Waals surface area contributed by atoms with Gasteiger partial charge in [0.05, 0.1) is 11.2 Å². The largest absolute Gasteiger partial charge is 0.420 e. The predicted octanol–water partition coefficient (Wildman–Crippen LogP) is 2.66. The van der Waals surface area contributed by atoms with Crippen LogP contribution in [0.2, 0.25) is 0 Å². The van der Waals surface area contributed by atoms with Crippen LogP contribution < -0.4 is 10.7 Å². The quantitative estimate of drug-likeness (QED) is 0.635. The third-order valence-electron chi connectivity index (χ3n) is 4.68. The van der Waals surface area contributed by atoms with Gasteiger partial charge in [0, 0.05) is 23.8 Å². The van der Waals surface area contributed by atoms with Crippen LogP contribution in [-0.2, 0) is 16.1 Å². The maximum atomic E-state index is 14.6. The molecule has 0 N–H and O–H groups in total. The van der Waals surface area contributed by atoms with E-state index < -0.39 is 23.4 Å². The molecule has 2 amide bonds. The summed E-state index contributed by atoms with van der Waals surface area (Å²) < 4.78 is 20.9. The molecule has 0 saturated carbocycles. The van der Waals surface area contributed by atoms with E-state index in [0.717, 1.165) is 23.8 Å². The van der Waals surface area contributed by atoms with Crippen LogP contribution in [0.25, 0.3) is 11.1 Å². The van der Waals surface area contributed by atoms with Crippen molar-refractivity contribution in [3.63, 3.8) is 0 Å². The summed E-state index contributed by atoms with van der Waals surface area (Å²) in [6, 6.07) is 2.34. The van der Waals surface area contributed by atoms with Crippen molar-refractivity contribution in [1.82, 2.24) is 4.57 Å². The van der Waals surface area contributed by atoms with E-state index in [9.17, 15) is 18.8 Å². The number of fused-ring (bicyclic) bond motifs is 1. The minimum absolute atomic E-state index is 0.0601. The van der Waals surface area contributed by atoms with E-state index in [0.29, 0.717) is 29.5 Å². The van der Waals surface area contributed by atoms with Gasteiger partial charge in [-0.1, -0.05) is 6.08 Å². The molecule has 1 aliphatic carbocycles. The number of hydrogen-bond donors (Lipinski definition) is 0. The molecule has 0 spiro atoms. The lowest BCUT2D eigenvalue weighted by Crippen LogP contribution is -2.32. The number of benzene rings is 1. The van der Waals surface area contributed by atoms with Crippen molar-refractivity contribution >= 4 is 28.6 Å². The highest BCUT2D eigenvalue weighted by molar-refractivity contribution is 6.33. The number of carbonyl (C=O) groups excluding carboxylic acids is 2. The molecule has 0 unspecified atom stereocenters. The van der Waals surface area contributed by atoms with Crippen LogP contribution in [0.4, 0.5) is 10.1 Å². The summed E-state index contributed by atoms with van der Waals surface area (Å²) in [5.74, 6) is -2.38. The number of amides is 2. The molecule has 0 atom stereocenters. The maximum Gasteiger partial charge on any atom is 0.420 e. The summed E-state index contributed by atoms with van der Waals surface area (Å²) in [5.41, 5.74) is 1.17. The summed E-state index contributed by atoms with van der Waals surface area (Å²) in [6.07, 6.45) is 4.26. The number of imide groups is 1. The van der Waals surface area contributed by atoms with Gasteiger partial charge in [0.15, 0.2) is 11.4 Å². The Morgan fingerprint density at radius 2 is 1.76 bits per heavy atom. The zero-order valence-electron chi connectivity index (χ0n) is 13.4. The first-order valence-electron chi connectivity index (χ1n) is 8.07. The lowest BCUT2D eigenvalue weighted by atomic mass is 9.93. The number of anilines is 1. The number of aromatic nitrogens is 1. The van der Waals surface area contributed by atoms with Crippen LogP contribution in [0.5, 0.6) is 0 Å². The van der Waals surface area contributed by atoms with Gasteiger partial charge in [0.1, 0.15) is 0 Å². The number of hydrogen-bond acceptors (Lipinski definition) is 4. The van der Waals surface area contributed by atoms with Crippen molar-refractivity contribution in [3.05, 3.63) is 52.3 Å². The van der Waals surface area contributed by atoms with Crippen molar-refractivity contribution in [2.24, 2.45) is 0 Å². The fourth-order valence-electron chi connectivity index (χ4n) is 3.50. The van der Waals surface area contributed by atoms with Gasteiger partial charge in [-0.25, -0.2) is 14.1 Å². The SMILES string of the molecule is C=CCn1c(=O)oc2cc(F)c(N3C(=O)C4=C(CCCC4)C3=O)cc21. The molecular formula is C18H15FN2O4. The molecule has 25 heavy (non-hydrogen) atoms. The second-order valence-electron chi connectivity index (χ2n) is 6.15. The minimum atomic E-state index is -0.784. The minimum Gasteiger partial charge on any atom is -0.408 e. The van der Waals surface area contributed by atoms with Crippen molar-refractivity contribution in [2.75, 3.05) is 4.90 Å². The molecule has 0 fully saturated rings. The number of nitrogens with zero attached hydrogens (tertiary/aromatic N) is 2. The number of halogens is 1. The van der Waals surface area contributed by atoms with Gasteiger partial charge in [-0.2, -0.15) is 0 Å². The lowest BCUT2D eigenvalue weighted by molar-refractivity contribution is -0.120. The Kier molecular flexibility index (Phi) is 3.45. The summed E-state index contributed by atoms with van der Waals surface area (Å²) >= 11 is 0. The summed E-state index contributed by atoms with van der Waals surface area (Å²) in [5, 5.41) is 0. The average Bonchev–Trinajstić information content (AvgIpc) is 3.03. The summed E-state index contributed by atoms with van der Waals surface area (Å²) in [6.45, 7) is 3.75. The van der Waals surface area contributed by atoms with Crippen molar-refractivity contribution < 1.29 is 18.4 Å². The zero-order valence-corrected chi connectivity index (χ0v) is 13.4. The highest BCUT2D eigenvalue weighted by Gasteiger charge is 2.41. The van der Waals surface area contributed by atoms with Gasteiger partial charge in [-0.15, -0.1) is 6.58 Å². The monoisotopic (exact) mass is 342 g/mol. The first-order chi connectivity index (χ1) is 12.0. The topological polar surface area (TPSA) is 72.5 Å². The van der Waals surface area contributed by atoms with E-state index >= 15 is 0 Å². The van der Waals surface area contributed by atoms with Crippen molar-refractivity contribution in [2.45, 2.75) is 32.2 Å². The number of oxazole rings is 1. The predicted molar refractivity (Wildman–Crippen MR) is 88.6 cm³/mol. The number of carbonyl (C=O) groups is 2. The van der Waals surface area contributed by atoms with Crippen LogP contribution in [0.3, 0.4) is 0 Å².